The summed E-state index contributed by atoms with van der Waals surface area (Å²) in [4.78, 5) is 0. The number of hydrogen-bond acceptors (Lipinski definition) is 3. The van der Waals surface area contributed by atoms with Crippen molar-refractivity contribution in [3.63, 3.8) is 0 Å². The molecule has 0 radical (unpaired) electrons. The van der Waals surface area contributed by atoms with Gasteiger partial charge >= 0.3 is 0 Å². The molecule has 0 saturated carbocycles. The van der Waals surface area contributed by atoms with Crippen LogP contribution in [0.25, 0.3) is 0 Å². The molecule has 1 N–H and O–H groups in total. The molecule has 2 aromatic rings. The van der Waals surface area contributed by atoms with Gasteiger partial charge in [0.15, 0.2) is 11.5 Å². The minimum atomic E-state index is -0.302. The Morgan fingerprint density at radius 3 is 2.64 bits per heavy atom. The van der Waals surface area contributed by atoms with Crippen LogP contribution in [0.1, 0.15) is 31.4 Å². The van der Waals surface area contributed by atoms with Crippen molar-refractivity contribution in [2.24, 2.45) is 5.92 Å². The number of hydrogen-bond donors (Lipinski definition) is 1. The number of rotatable bonds is 9. The predicted molar refractivity (Wildman–Crippen MR) is 99.9 cm³/mol. The lowest BCUT2D eigenvalue weighted by Crippen LogP contribution is -2.16. The fourth-order valence-corrected chi connectivity index (χ4v) is 2.69. The van der Waals surface area contributed by atoms with Gasteiger partial charge in [-0.05, 0) is 42.6 Å². The highest BCUT2D eigenvalue weighted by Gasteiger charge is 2.13. The number of halogens is 2. The van der Waals surface area contributed by atoms with Crippen molar-refractivity contribution in [3.05, 3.63) is 58.4 Å². The molecule has 136 valence electrons. The Morgan fingerprint density at radius 2 is 1.96 bits per heavy atom. The van der Waals surface area contributed by atoms with E-state index in [0.717, 1.165) is 18.5 Å². The molecule has 2 rings (SSSR count). The Balaban J connectivity index is 2.04. The van der Waals surface area contributed by atoms with Gasteiger partial charge in [0.25, 0.3) is 0 Å². The van der Waals surface area contributed by atoms with Gasteiger partial charge in [0.2, 0.25) is 0 Å². The van der Waals surface area contributed by atoms with Crippen LogP contribution in [0.4, 0.5) is 4.39 Å². The highest BCUT2D eigenvalue weighted by atomic mass is 35.5. The minimum absolute atomic E-state index is 0.0920. The summed E-state index contributed by atoms with van der Waals surface area (Å²) in [6, 6.07) is 10.3. The second-order valence-electron chi connectivity index (χ2n) is 6.35. The summed E-state index contributed by atoms with van der Waals surface area (Å²) in [5, 5.41) is 3.85. The van der Waals surface area contributed by atoms with Crippen LogP contribution in [-0.4, -0.2) is 13.7 Å². The molecule has 25 heavy (non-hydrogen) atoms. The molecule has 0 atom stereocenters. The molecule has 0 saturated heterocycles. The number of nitrogens with one attached hydrogen (secondary N) is 1. The average molecular weight is 366 g/mol. The Bertz CT molecular complexity index is 691. The Labute approximate surface area is 154 Å². The van der Waals surface area contributed by atoms with E-state index in [9.17, 15) is 4.39 Å². The lowest BCUT2D eigenvalue weighted by molar-refractivity contribution is 0.279. The van der Waals surface area contributed by atoms with Crippen LogP contribution in [0.3, 0.4) is 0 Å². The van der Waals surface area contributed by atoms with Crippen LogP contribution in [0.5, 0.6) is 11.5 Å². The average Bonchev–Trinajstić information content (AvgIpc) is 2.58. The molecule has 0 spiro atoms. The molecule has 2 aromatic carbocycles. The molecule has 0 fully saturated rings. The molecular weight excluding hydrogens is 341 g/mol. The monoisotopic (exact) mass is 365 g/mol. The van der Waals surface area contributed by atoms with Gasteiger partial charge in [-0.3, -0.25) is 0 Å². The van der Waals surface area contributed by atoms with E-state index < -0.39 is 0 Å². The minimum Gasteiger partial charge on any atom is -0.493 e. The summed E-state index contributed by atoms with van der Waals surface area (Å²) in [6.07, 6.45) is 1.12. The van der Waals surface area contributed by atoms with Crippen LogP contribution in [0, 0.1) is 11.7 Å². The molecule has 0 aliphatic carbocycles. The predicted octanol–water partition coefficient (Wildman–Crippen LogP) is 5.20. The molecule has 3 nitrogen and oxygen atoms in total. The summed E-state index contributed by atoms with van der Waals surface area (Å²) >= 11 is 6.36. The van der Waals surface area contributed by atoms with Gasteiger partial charge < -0.3 is 14.8 Å². The van der Waals surface area contributed by atoms with E-state index in [2.05, 4.69) is 19.2 Å². The smallest absolute Gasteiger partial charge is 0.180 e. The SMILES string of the molecule is COc1cc(CNCCC(C)C)cc(Cl)c1OCc1ccccc1F. The Morgan fingerprint density at radius 1 is 1.20 bits per heavy atom. The standard InChI is InChI=1S/C20H25ClFNO2/c1-14(2)8-9-23-12-15-10-17(21)20(19(11-15)24-3)25-13-16-6-4-5-7-18(16)22/h4-7,10-11,14,23H,8-9,12-13H2,1-3H3. The Kier molecular flexibility index (Phi) is 7.53. The van der Waals surface area contributed by atoms with E-state index in [1.165, 1.54) is 6.07 Å². The van der Waals surface area contributed by atoms with Crippen LogP contribution in [0.15, 0.2) is 36.4 Å². The highest BCUT2D eigenvalue weighted by Crippen LogP contribution is 2.37. The molecule has 0 aromatic heterocycles. The van der Waals surface area contributed by atoms with E-state index in [1.54, 1.807) is 25.3 Å². The fourth-order valence-electron chi connectivity index (χ4n) is 2.40. The van der Waals surface area contributed by atoms with E-state index in [1.807, 2.05) is 12.1 Å². The number of ether oxygens (including phenoxy) is 2. The zero-order valence-corrected chi connectivity index (χ0v) is 15.7. The summed E-state index contributed by atoms with van der Waals surface area (Å²) in [7, 11) is 1.57. The van der Waals surface area contributed by atoms with Gasteiger partial charge in [-0.15, -0.1) is 0 Å². The van der Waals surface area contributed by atoms with Gasteiger partial charge in [-0.25, -0.2) is 4.39 Å². The third-order valence-electron chi connectivity index (χ3n) is 3.85. The first kappa shape index (κ1) is 19.5. The van der Waals surface area contributed by atoms with Gasteiger partial charge in [-0.1, -0.05) is 43.6 Å². The fraction of sp³-hybridized carbons (Fsp3) is 0.400. The van der Waals surface area contributed by atoms with Crippen molar-refractivity contribution in [3.8, 4) is 11.5 Å². The van der Waals surface area contributed by atoms with Crippen molar-refractivity contribution in [2.75, 3.05) is 13.7 Å². The van der Waals surface area contributed by atoms with E-state index in [4.69, 9.17) is 21.1 Å². The second kappa shape index (κ2) is 9.64. The van der Waals surface area contributed by atoms with Gasteiger partial charge in [0.05, 0.1) is 12.1 Å². The third-order valence-corrected chi connectivity index (χ3v) is 4.13. The Hall–Kier alpha value is -1.78. The molecule has 0 amide bonds. The molecule has 0 heterocycles. The summed E-state index contributed by atoms with van der Waals surface area (Å²) in [6.45, 7) is 6.14. The van der Waals surface area contributed by atoms with Gasteiger partial charge in [0.1, 0.15) is 12.4 Å². The molecule has 0 unspecified atom stereocenters. The van der Waals surface area contributed by atoms with Crippen molar-refractivity contribution in [1.82, 2.24) is 5.32 Å². The highest BCUT2D eigenvalue weighted by molar-refractivity contribution is 6.32. The van der Waals surface area contributed by atoms with Crippen molar-refractivity contribution >= 4 is 11.6 Å². The first-order valence-corrected chi connectivity index (χ1v) is 8.82. The van der Waals surface area contributed by atoms with Gasteiger partial charge in [0, 0.05) is 12.1 Å². The number of benzene rings is 2. The molecule has 0 aliphatic rings. The van der Waals surface area contributed by atoms with Crippen molar-refractivity contribution in [1.29, 1.82) is 0 Å². The van der Waals surface area contributed by atoms with Crippen LogP contribution in [0.2, 0.25) is 5.02 Å². The molecular formula is C20H25ClFNO2. The zero-order valence-electron chi connectivity index (χ0n) is 14.9. The summed E-state index contributed by atoms with van der Waals surface area (Å²) in [5.41, 5.74) is 1.49. The lowest BCUT2D eigenvalue weighted by Gasteiger charge is -2.15. The largest absolute Gasteiger partial charge is 0.493 e. The van der Waals surface area contributed by atoms with E-state index in [-0.39, 0.29) is 12.4 Å². The molecule has 0 bridgehead atoms. The normalized spacial score (nSPS) is 11.0. The van der Waals surface area contributed by atoms with Crippen LogP contribution >= 0.6 is 11.6 Å². The first-order chi connectivity index (χ1) is 12.0. The maximum atomic E-state index is 13.7. The van der Waals surface area contributed by atoms with E-state index in [0.29, 0.717) is 34.5 Å². The topological polar surface area (TPSA) is 30.5 Å². The quantitative estimate of drug-likeness (QED) is 0.619. The van der Waals surface area contributed by atoms with E-state index >= 15 is 0 Å². The van der Waals surface area contributed by atoms with Crippen molar-refractivity contribution in [2.45, 2.75) is 33.4 Å². The molecule has 0 aliphatic heterocycles. The first-order valence-electron chi connectivity index (χ1n) is 8.44. The summed E-state index contributed by atoms with van der Waals surface area (Å²) in [5.74, 6) is 1.34. The van der Waals surface area contributed by atoms with Crippen LogP contribution in [-0.2, 0) is 13.2 Å². The maximum Gasteiger partial charge on any atom is 0.180 e. The molecule has 5 heteroatoms. The lowest BCUT2D eigenvalue weighted by atomic mass is 10.1. The second-order valence-corrected chi connectivity index (χ2v) is 6.76. The van der Waals surface area contributed by atoms with Crippen LogP contribution < -0.4 is 14.8 Å². The number of methoxy groups -OCH3 is 1. The van der Waals surface area contributed by atoms with Crippen molar-refractivity contribution < 1.29 is 13.9 Å². The summed E-state index contributed by atoms with van der Waals surface area (Å²) < 4.78 is 24.8. The maximum absolute atomic E-state index is 13.7. The third kappa shape index (κ3) is 5.91. The zero-order chi connectivity index (χ0) is 18.2. The van der Waals surface area contributed by atoms with Gasteiger partial charge in [-0.2, -0.15) is 0 Å².